The standard InChI is InChI=1S/C16H20N4O3S/c21-10-13-1-4-19(8-13)15-16(23)20(5-3-17-15)9-14(22)18-7-12-2-6-24-11-12/h2-3,5-6,11,13,21H,1,4,7-10H2,(H,18,22)/t13-/m0/s1. The first-order chi connectivity index (χ1) is 11.7. The molecule has 3 rings (SSSR count). The summed E-state index contributed by atoms with van der Waals surface area (Å²) < 4.78 is 1.37. The largest absolute Gasteiger partial charge is 0.396 e. The summed E-state index contributed by atoms with van der Waals surface area (Å²) in [5.41, 5.74) is 0.769. The molecule has 1 aliphatic heterocycles. The van der Waals surface area contributed by atoms with E-state index in [2.05, 4.69) is 10.3 Å². The van der Waals surface area contributed by atoms with Gasteiger partial charge < -0.3 is 19.9 Å². The van der Waals surface area contributed by atoms with Crippen LogP contribution in [0, 0.1) is 5.92 Å². The van der Waals surface area contributed by atoms with Crippen molar-refractivity contribution in [3.8, 4) is 0 Å². The van der Waals surface area contributed by atoms with Crippen molar-refractivity contribution in [1.82, 2.24) is 14.9 Å². The lowest BCUT2D eigenvalue weighted by Gasteiger charge is -2.17. The number of carbonyl (C=O) groups excluding carboxylic acids is 1. The van der Waals surface area contributed by atoms with Crippen molar-refractivity contribution in [3.05, 3.63) is 45.1 Å². The summed E-state index contributed by atoms with van der Waals surface area (Å²) in [4.78, 5) is 30.6. The number of thiophene rings is 1. The Balaban J connectivity index is 1.65. The third kappa shape index (κ3) is 3.82. The van der Waals surface area contributed by atoms with Crippen molar-refractivity contribution >= 4 is 23.1 Å². The van der Waals surface area contributed by atoms with Crippen LogP contribution in [0.5, 0.6) is 0 Å². The molecule has 128 valence electrons. The molecular formula is C16H20N4O3S. The van der Waals surface area contributed by atoms with Crippen LogP contribution in [0.4, 0.5) is 5.82 Å². The third-order valence-electron chi connectivity index (χ3n) is 4.12. The van der Waals surface area contributed by atoms with E-state index >= 15 is 0 Å². The van der Waals surface area contributed by atoms with Gasteiger partial charge in [-0.3, -0.25) is 9.59 Å². The quantitative estimate of drug-likeness (QED) is 0.791. The van der Waals surface area contributed by atoms with Crippen LogP contribution in [0.25, 0.3) is 0 Å². The Labute approximate surface area is 143 Å². The molecule has 0 spiro atoms. The van der Waals surface area contributed by atoms with Gasteiger partial charge in [0, 0.05) is 44.6 Å². The lowest BCUT2D eigenvalue weighted by molar-refractivity contribution is -0.121. The fraction of sp³-hybridized carbons (Fsp3) is 0.438. The Morgan fingerprint density at radius 1 is 1.50 bits per heavy atom. The maximum absolute atomic E-state index is 12.5. The van der Waals surface area contributed by atoms with Crippen molar-refractivity contribution in [3.63, 3.8) is 0 Å². The first-order valence-electron chi connectivity index (χ1n) is 7.86. The monoisotopic (exact) mass is 348 g/mol. The van der Waals surface area contributed by atoms with Gasteiger partial charge in [0.15, 0.2) is 5.82 Å². The lowest BCUT2D eigenvalue weighted by atomic mass is 10.1. The summed E-state index contributed by atoms with van der Waals surface area (Å²) in [7, 11) is 0. The zero-order chi connectivity index (χ0) is 16.9. The molecule has 1 amide bonds. The number of aliphatic hydroxyl groups excluding tert-OH is 1. The molecule has 0 radical (unpaired) electrons. The first-order valence-corrected chi connectivity index (χ1v) is 8.80. The second-order valence-electron chi connectivity index (χ2n) is 5.88. The van der Waals surface area contributed by atoms with Gasteiger partial charge in [0.05, 0.1) is 0 Å². The molecule has 1 aliphatic rings. The van der Waals surface area contributed by atoms with Crippen molar-refractivity contribution in [2.45, 2.75) is 19.5 Å². The van der Waals surface area contributed by atoms with E-state index in [-0.39, 0.29) is 30.5 Å². The molecule has 0 unspecified atom stereocenters. The summed E-state index contributed by atoms with van der Waals surface area (Å²) in [5.74, 6) is 0.308. The number of nitrogens with zero attached hydrogens (tertiary/aromatic N) is 3. The summed E-state index contributed by atoms with van der Waals surface area (Å²) in [5, 5.41) is 16.0. The Morgan fingerprint density at radius 2 is 2.38 bits per heavy atom. The Bertz CT molecular complexity index is 744. The van der Waals surface area contributed by atoms with Crippen LogP contribution < -0.4 is 15.8 Å². The van der Waals surface area contributed by atoms with Gasteiger partial charge >= 0.3 is 0 Å². The number of amides is 1. The molecule has 0 aromatic carbocycles. The number of hydrogen-bond donors (Lipinski definition) is 2. The average Bonchev–Trinajstić information content (AvgIpc) is 3.26. The van der Waals surface area contributed by atoms with Crippen LogP contribution in [0.1, 0.15) is 12.0 Å². The van der Waals surface area contributed by atoms with E-state index in [0.29, 0.717) is 25.5 Å². The van der Waals surface area contributed by atoms with Crippen LogP contribution in [-0.4, -0.2) is 40.3 Å². The number of hydrogen-bond acceptors (Lipinski definition) is 6. The number of aromatic nitrogens is 2. The molecule has 1 fully saturated rings. The molecule has 8 heteroatoms. The number of carbonyl (C=O) groups is 1. The zero-order valence-corrected chi connectivity index (χ0v) is 14.0. The van der Waals surface area contributed by atoms with Crippen LogP contribution in [0.15, 0.2) is 34.0 Å². The van der Waals surface area contributed by atoms with Crippen molar-refractivity contribution in [2.75, 3.05) is 24.6 Å². The molecule has 1 saturated heterocycles. The molecule has 2 aromatic rings. The smallest absolute Gasteiger partial charge is 0.293 e. The molecule has 2 N–H and O–H groups in total. The summed E-state index contributed by atoms with van der Waals surface area (Å²) in [6.07, 6.45) is 3.90. The van der Waals surface area contributed by atoms with Crippen molar-refractivity contribution < 1.29 is 9.90 Å². The summed E-state index contributed by atoms with van der Waals surface area (Å²) in [6.45, 7) is 1.85. The highest BCUT2D eigenvalue weighted by atomic mass is 32.1. The molecule has 3 heterocycles. The van der Waals surface area contributed by atoms with E-state index in [1.54, 1.807) is 11.3 Å². The van der Waals surface area contributed by atoms with Crippen LogP contribution in [0.2, 0.25) is 0 Å². The molecule has 1 atom stereocenters. The van der Waals surface area contributed by atoms with E-state index in [1.807, 2.05) is 21.7 Å². The van der Waals surface area contributed by atoms with E-state index in [9.17, 15) is 14.7 Å². The van der Waals surface area contributed by atoms with E-state index in [0.717, 1.165) is 12.0 Å². The molecule has 0 saturated carbocycles. The second kappa shape index (κ2) is 7.59. The van der Waals surface area contributed by atoms with Gasteiger partial charge in [-0.05, 0) is 28.8 Å². The molecular weight excluding hydrogens is 328 g/mol. The number of rotatable bonds is 6. The maximum Gasteiger partial charge on any atom is 0.293 e. The van der Waals surface area contributed by atoms with E-state index < -0.39 is 0 Å². The summed E-state index contributed by atoms with van der Waals surface area (Å²) >= 11 is 1.58. The first kappa shape index (κ1) is 16.7. The van der Waals surface area contributed by atoms with Gasteiger partial charge in [-0.15, -0.1) is 0 Å². The number of anilines is 1. The van der Waals surface area contributed by atoms with Gasteiger partial charge in [0.25, 0.3) is 5.56 Å². The van der Waals surface area contributed by atoms with Gasteiger partial charge in [-0.1, -0.05) is 0 Å². The van der Waals surface area contributed by atoms with E-state index in [1.165, 1.54) is 17.0 Å². The zero-order valence-electron chi connectivity index (χ0n) is 13.2. The van der Waals surface area contributed by atoms with Crippen molar-refractivity contribution in [2.24, 2.45) is 5.92 Å². The Kier molecular flexibility index (Phi) is 5.27. The van der Waals surface area contributed by atoms with Crippen LogP contribution in [0.3, 0.4) is 0 Å². The summed E-state index contributed by atoms with van der Waals surface area (Å²) in [6, 6.07) is 1.95. The van der Waals surface area contributed by atoms with Crippen LogP contribution in [-0.2, 0) is 17.9 Å². The molecule has 7 nitrogen and oxygen atoms in total. The van der Waals surface area contributed by atoms with E-state index in [4.69, 9.17) is 0 Å². The molecule has 0 bridgehead atoms. The molecule has 2 aromatic heterocycles. The third-order valence-corrected chi connectivity index (χ3v) is 4.85. The second-order valence-corrected chi connectivity index (χ2v) is 6.66. The minimum Gasteiger partial charge on any atom is -0.396 e. The topological polar surface area (TPSA) is 87.5 Å². The number of aliphatic hydroxyl groups is 1. The fourth-order valence-corrected chi connectivity index (χ4v) is 3.42. The average molecular weight is 348 g/mol. The van der Waals surface area contributed by atoms with Gasteiger partial charge in [0.1, 0.15) is 6.54 Å². The minimum atomic E-state index is -0.276. The highest BCUT2D eigenvalue weighted by Crippen LogP contribution is 2.18. The predicted octanol–water partition coefficient (Wildman–Crippen LogP) is 0.440. The van der Waals surface area contributed by atoms with Crippen molar-refractivity contribution in [1.29, 1.82) is 0 Å². The Morgan fingerprint density at radius 3 is 3.08 bits per heavy atom. The predicted molar refractivity (Wildman–Crippen MR) is 92.1 cm³/mol. The minimum absolute atomic E-state index is 0.0320. The SMILES string of the molecule is O=C(Cn1ccnc(N2CC[C@H](CO)C2)c1=O)NCc1ccsc1. The van der Waals surface area contributed by atoms with Gasteiger partial charge in [0.2, 0.25) is 5.91 Å². The van der Waals surface area contributed by atoms with Gasteiger partial charge in [-0.2, -0.15) is 11.3 Å². The normalized spacial score (nSPS) is 17.2. The maximum atomic E-state index is 12.5. The van der Waals surface area contributed by atoms with Gasteiger partial charge in [-0.25, -0.2) is 4.98 Å². The highest BCUT2D eigenvalue weighted by molar-refractivity contribution is 7.07. The lowest BCUT2D eigenvalue weighted by Crippen LogP contribution is -2.36. The molecule has 24 heavy (non-hydrogen) atoms. The molecule has 0 aliphatic carbocycles. The number of nitrogens with one attached hydrogen (secondary N) is 1. The van der Waals surface area contributed by atoms with Crippen LogP contribution >= 0.6 is 11.3 Å². The Hall–Kier alpha value is -2.19. The fourth-order valence-electron chi connectivity index (χ4n) is 2.76. The highest BCUT2D eigenvalue weighted by Gasteiger charge is 2.25.